The van der Waals surface area contributed by atoms with Crippen LogP contribution in [0.15, 0.2) is 16.5 Å². The fourth-order valence-corrected chi connectivity index (χ4v) is 2.10. The van der Waals surface area contributed by atoms with Crippen molar-refractivity contribution >= 4 is 11.9 Å². The highest BCUT2D eigenvalue weighted by molar-refractivity contribution is 5.86. The van der Waals surface area contributed by atoms with E-state index >= 15 is 0 Å². The Hall–Kier alpha value is -1.78. The maximum Gasteiger partial charge on any atom is 0.308 e. The van der Waals surface area contributed by atoms with Crippen molar-refractivity contribution in [1.29, 1.82) is 0 Å². The summed E-state index contributed by atoms with van der Waals surface area (Å²) in [5.74, 6) is -0.154. The van der Waals surface area contributed by atoms with Crippen molar-refractivity contribution in [2.24, 2.45) is 5.92 Å². The zero-order valence-corrected chi connectivity index (χ0v) is 9.84. The molecule has 1 aliphatic heterocycles. The number of carbonyl (C=O) groups is 2. The number of hydrogen-bond donors (Lipinski definition) is 1. The Morgan fingerprint density at radius 2 is 2.29 bits per heavy atom. The van der Waals surface area contributed by atoms with Gasteiger partial charge in [0.05, 0.1) is 12.0 Å². The predicted octanol–water partition coefficient (Wildman–Crippen LogP) is 1.58. The van der Waals surface area contributed by atoms with Crippen LogP contribution < -0.4 is 0 Å². The zero-order valence-electron chi connectivity index (χ0n) is 9.84. The molecular formula is C12H15NO4. The maximum atomic E-state index is 11.7. The fourth-order valence-electron chi connectivity index (χ4n) is 2.10. The summed E-state index contributed by atoms with van der Waals surface area (Å²) in [5.41, 5.74) is 0. The Morgan fingerprint density at radius 1 is 1.59 bits per heavy atom. The molecule has 0 spiro atoms. The Kier molecular flexibility index (Phi) is 2.92. The number of aliphatic carboxylic acids is 1. The second kappa shape index (κ2) is 4.24. The number of likely N-dealkylation sites (tertiary alicyclic amines) is 1. The van der Waals surface area contributed by atoms with Crippen LogP contribution in [0.1, 0.15) is 30.9 Å². The van der Waals surface area contributed by atoms with Crippen LogP contribution >= 0.6 is 0 Å². The first kappa shape index (κ1) is 11.7. The summed E-state index contributed by atoms with van der Waals surface area (Å²) in [7, 11) is 0. The maximum absolute atomic E-state index is 11.7. The number of amides is 1. The molecule has 1 aromatic rings. The highest BCUT2D eigenvalue weighted by Crippen LogP contribution is 2.29. The van der Waals surface area contributed by atoms with Crippen LogP contribution in [0.4, 0.5) is 0 Å². The van der Waals surface area contributed by atoms with Gasteiger partial charge < -0.3 is 14.4 Å². The lowest BCUT2D eigenvalue weighted by Gasteiger charge is -2.22. The molecule has 2 unspecified atom stereocenters. The lowest BCUT2D eigenvalue weighted by atomic mass is 10.1. The number of aryl methyl sites for hydroxylation is 1. The van der Waals surface area contributed by atoms with Crippen molar-refractivity contribution in [3.05, 3.63) is 23.7 Å². The summed E-state index contributed by atoms with van der Waals surface area (Å²) >= 11 is 0. The highest BCUT2D eigenvalue weighted by atomic mass is 16.4. The number of carboxylic acids is 1. The number of carbonyl (C=O) groups excluding carboxylic acids is 1. The van der Waals surface area contributed by atoms with Gasteiger partial charge in [-0.25, -0.2) is 0 Å². The molecule has 1 saturated heterocycles. The average molecular weight is 237 g/mol. The van der Waals surface area contributed by atoms with Gasteiger partial charge in [0.25, 0.3) is 0 Å². The third kappa shape index (κ3) is 2.18. The van der Waals surface area contributed by atoms with E-state index in [1.807, 2.05) is 26.0 Å². The van der Waals surface area contributed by atoms with Gasteiger partial charge >= 0.3 is 5.97 Å². The molecule has 1 fully saturated rings. The third-order valence-electron chi connectivity index (χ3n) is 3.15. The van der Waals surface area contributed by atoms with Gasteiger partial charge in [-0.05, 0) is 26.0 Å². The largest absolute Gasteiger partial charge is 0.481 e. The molecule has 1 amide bonds. The van der Waals surface area contributed by atoms with Crippen LogP contribution in [-0.2, 0) is 9.59 Å². The quantitative estimate of drug-likeness (QED) is 0.866. The summed E-state index contributed by atoms with van der Waals surface area (Å²) in [6, 6.07) is 3.45. The van der Waals surface area contributed by atoms with E-state index in [9.17, 15) is 9.59 Å². The molecule has 1 aromatic heterocycles. The second-order valence-electron chi connectivity index (χ2n) is 4.41. The zero-order chi connectivity index (χ0) is 12.6. The van der Waals surface area contributed by atoms with E-state index in [4.69, 9.17) is 9.52 Å². The second-order valence-corrected chi connectivity index (χ2v) is 4.41. The lowest BCUT2D eigenvalue weighted by molar-refractivity contribution is -0.141. The molecule has 0 bridgehead atoms. The molecule has 2 rings (SSSR count). The van der Waals surface area contributed by atoms with Crippen LogP contribution in [0, 0.1) is 12.8 Å². The van der Waals surface area contributed by atoms with Crippen molar-refractivity contribution in [2.75, 3.05) is 6.54 Å². The van der Waals surface area contributed by atoms with Crippen molar-refractivity contribution in [3.8, 4) is 0 Å². The Morgan fingerprint density at radius 3 is 2.76 bits per heavy atom. The van der Waals surface area contributed by atoms with Gasteiger partial charge in [0.1, 0.15) is 11.5 Å². The minimum atomic E-state index is -0.913. The number of hydrogen-bond acceptors (Lipinski definition) is 3. The smallest absolute Gasteiger partial charge is 0.308 e. The standard InChI is InChI=1S/C12H15NO4/c1-7-3-4-10(17-7)8(2)13-6-9(12(15)16)5-11(13)14/h3-4,8-9H,5-6H2,1-2H3,(H,15,16). The normalized spacial score (nSPS) is 21.9. The molecule has 0 radical (unpaired) electrons. The molecular weight excluding hydrogens is 222 g/mol. The van der Waals surface area contributed by atoms with Crippen LogP contribution in [0.2, 0.25) is 0 Å². The van der Waals surface area contributed by atoms with Gasteiger partial charge in [0.2, 0.25) is 5.91 Å². The molecule has 1 N–H and O–H groups in total. The minimum Gasteiger partial charge on any atom is -0.481 e. The van der Waals surface area contributed by atoms with Crippen LogP contribution in [0.5, 0.6) is 0 Å². The van der Waals surface area contributed by atoms with E-state index in [0.29, 0.717) is 5.76 Å². The predicted molar refractivity (Wildman–Crippen MR) is 59.3 cm³/mol. The number of carboxylic acid groups (broad SMARTS) is 1. The summed E-state index contributed by atoms with van der Waals surface area (Å²) < 4.78 is 5.46. The highest BCUT2D eigenvalue weighted by Gasteiger charge is 2.37. The lowest BCUT2D eigenvalue weighted by Crippen LogP contribution is -2.29. The molecule has 5 heteroatoms. The summed E-state index contributed by atoms with van der Waals surface area (Å²) in [6.45, 7) is 3.94. The number of furan rings is 1. The first-order chi connectivity index (χ1) is 7.99. The first-order valence-electron chi connectivity index (χ1n) is 5.57. The van der Waals surface area contributed by atoms with Crippen LogP contribution in [-0.4, -0.2) is 28.4 Å². The minimum absolute atomic E-state index is 0.0827. The number of nitrogens with zero attached hydrogens (tertiary/aromatic N) is 1. The van der Waals surface area contributed by atoms with Gasteiger partial charge in [-0.1, -0.05) is 0 Å². The van der Waals surface area contributed by atoms with Gasteiger partial charge in [-0.3, -0.25) is 9.59 Å². The summed E-state index contributed by atoms with van der Waals surface area (Å²) in [6.07, 6.45) is 0.0827. The molecule has 0 aromatic carbocycles. The van der Waals surface area contributed by atoms with E-state index in [1.54, 1.807) is 4.90 Å². The molecule has 2 atom stereocenters. The van der Waals surface area contributed by atoms with Crippen LogP contribution in [0.25, 0.3) is 0 Å². The van der Waals surface area contributed by atoms with E-state index in [2.05, 4.69) is 0 Å². The number of rotatable bonds is 3. The summed E-state index contributed by atoms with van der Waals surface area (Å²) in [5, 5.41) is 8.90. The van der Waals surface area contributed by atoms with Crippen molar-refractivity contribution in [3.63, 3.8) is 0 Å². The fraction of sp³-hybridized carbons (Fsp3) is 0.500. The monoisotopic (exact) mass is 237 g/mol. The molecule has 0 aliphatic carbocycles. The average Bonchev–Trinajstić information content (AvgIpc) is 2.84. The molecule has 0 saturated carbocycles. The SMILES string of the molecule is Cc1ccc(C(C)N2CC(C(=O)O)CC2=O)o1. The van der Waals surface area contributed by atoms with E-state index in [1.165, 1.54) is 0 Å². The Balaban J connectivity index is 2.13. The molecule has 5 nitrogen and oxygen atoms in total. The topological polar surface area (TPSA) is 70.8 Å². The molecule has 17 heavy (non-hydrogen) atoms. The van der Waals surface area contributed by atoms with Crippen molar-refractivity contribution < 1.29 is 19.1 Å². The Bertz CT molecular complexity index is 451. The molecule has 92 valence electrons. The molecule has 1 aliphatic rings. The van der Waals surface area contributed by atoms with Crippen LogP contribution in [0.3, 0.4) is 0 Å². The summed E-state index contributed by atoms with van der Waals surface area (Å²) in [4.78, 5) is 24.2. The first-order valence-corrected chi connectivity index (χ1v) is 5.57. The van der Waals surface area contributed by atoms with Gasteiger partial charge in [0, 0.05) is 13.0 Å². The Labute approximate surface area is 99.0 Å². The van der Waals surface area contributed by atoms with Gasteiger partial charge in [-0.15, -0.1) is 0 Å². The van der Waals surface area contributed by atoms with Crippen molar-refractivity contribution in [1.82, 2.24) is 4.90 Å². The van der Waals surface area contributed by atoms with Crippen molar-refractivity contribution in [2.45, 2.75) is 26.3 Å². The van der Waals surface area contributed by atoms with Gasteiger partial charge in [-0.2, -0.15) is 0 Å². The van der Waals surface area contributed by atoms with Gasteiger partial charge in [0.15, 0.2) is 0 Å². The molecule has 2 heterocycles. The van der Waals surface area contributed by atoms with E-state index in [0.717, 1.165) is 5.76 Å². The third-order valence-corrected chi connectivity index (χ3v) is 3.15. The van der Waals surface area contributed by atoms with E-state index < -0.39 is 11.9 Å². The van der Waals surface area contributed by atoms with E-state index in [-0.39, 0.29) is 24.9 Å².